The van der Waals surface area contributed by atoms with Gasteiger partial charge in [-0.05, 0) is 35.4 Å². The molecule has 2 aromatic carbocycles. The molecule has 0 bridgehead atoms. The van der Waals surface area contributed by atoms with Gasteiger partial charge in [0.15, 0.2) is 0 Å². The Balaban J connectivity index is 1.80. The molecule has 0 aromatic heterocycles. The maximum Gasteiger partial charge on any atom is 0.246 e. The van der Waals surface area contributed by atoms with Crippen LogP contribution in [0, 0.1) is 0 Å². The third kappa shape index (κ3) is 6.13. The predicted octanol–water partition coefficient (Wildman–Crippen LogP) is 2.48. The van der Waals surface area contributed by atoms with Gasteiger partial charge in [0.2, 0.25) is 15.9 Å². The molecule has 0 atom stereocenters. The van der Waals surface area contributed by atoms with Crippen LogP contribution in [0.25, 0.3) is 0 Å². The second-order valence-electron chi connectivity index (χ2n) is 7.59. The van der Waals surface area contributed by atoms with E-state index in [2.05, 4.69) is 6.58 Å². The maximum atomic E-state index is 13.2. The van der Waals surface area contributed by atoms with Crippen molar-refractivity contribution < 1.29 is 27.4 Å². The number of rotatable bonds is 10. The molecule has 0 unspecified atom stereocenters. The number of carbonyl (C=O) groups excluding carboxylic acids is 1. The minimum atomic E-state index is -3.77. The first kappa shape index (κ1) is 24.8. The second-order valence-corrected chi connectivity index (χ2v) is 9.50. The molecule has 8 nitrogen and oxygen atoms in total. The van der Waals surface area contributed by atoms with Crippen LogP contribution in [0.1, 0.15) is 11.1 Å². The molecule has 1 fully saturated rings. The van der Waals surface area contributed by atoms with Crippen LogP contribution in [0.15, 0.2) is 60.0 Å². The molecule has 0 aliphatic carbocycles. The molecular formula is C24H30N2O6S. The first-order valence-corrected chi connectivity index (χ1v) is 12.1. The van der Waals surface area contributed by atoms with Crippen LogP contribution >= 0.6 is 0 Å². The van der Waals surface area contributed by atoms with Crippen molar-refractivity contribution in [2.75, 3.05) is 47.1 Å². The number of amides is 1. The molecule has 2 aromatic rings. The van der Waals surface area contributed by atoms with Crippen molar-refractivity contribution in [1.82, 2.24) is 9.21 Å². The third-order valence-electron chi connectivity index (χ3n) is 5.41. The van der Waals surface area contributed by atoms with Gasteiger partial charge in [-0.3, -0.25) is 4.79 Å². The van der Waals surface area contributed by atoms with E-state index < -0.39 is 10.0 Å². The van der Waals surface area contributed by atoms with Crippen molar-refractivity contribution in [3.63, 3.8) is 0 Å². The summed E-state index contributed by atoms with van der Waals surface area (Å²) in [5.74, 6) is 0.858. The minimum absolute atomic E-state index is 0.0552. The van der Waals surface area contributed by atoms with Crippen molar-refractivity contribution in [3.05, 3.63) is 66.2 Å². The number of hydrogen-bond acceptors (Lipinski definition) is 6. The number of morpholine rings is 1. The molecule has 0 N–H and O–H groups in total. The zero-order valence-electron chi connectivity index (χ0n) is 19.0. The minimum Gasteiger partial charge on any atom is -0.497 e. The highest BCUT2D eigenvalue weighted by Crippen LogP contribution is 2.29. The van der Waals surface area contributed by atoms with Gasteiger partial charge >= 0.3 is 0 Å². The van der Waals surface area contributed by atoms with E-state index in [-0.39, 0.29) is 36.1 Å². The summed E-state index contributed by atoms with van der Waals surface area (Å²) in [7, 11) is -0.742. The highest BCUT2D eigenvalue weighted by molar-refractivity contribution is 7.89. The first-order valence-electron chi connectivity index (χ1n) is 10.7. The monoisotopic (exact) mass is 474 g/mol. The maximum absolute atomic E-state index is 13.2. The molecule has 1 aliphatic heterocycles. The quantitative estimate of drug-likeness (QED) is 0.492. The fourth-order valence-electron chi connectivity index (χ4n) is 3.61. The summed E-state index contributed by atoms with van der Waals surface area (Å²) in [5, 5.41) is 0. The van der Waals surface area contributed by atoms with Gasteiger partial charge in [-0.1, -0.05) is 24.3 Å². The van der Waals surface area contributed by atoms with E-state index >= 15 is 0 Å². The molecule has 0 spiro atoms. The number of carbonyl (C=O) groups is 1. The molecule has 1 heterocycles. The van der Waals surface area contributed by atoms with Crippen molar-refractivity contribution in [2.24, 2.45) is 0 Å². The van der Waals surface area contributed by atoms with Crippen LogP contribution in [0.5, 0.6) is 11.5 Å². The summed E-state index contributed by atoms with van der Waals surface area (Å²) < 4.78 is 43.6. The Morgan fingerprint density at radius 2 is 1.76 bits per heavy atom. The Labute approximate surface area is 195 Å². The van der Waals surface area contributed by atoms with Gasteiger partial charge in [0.1, 0.15) is 16.4 Å². The highest BCUT2D eigenvalue weighted by Gasteiger charge is 2.29. The van der Waals surface area contributed by atoms with E-state index in [1.54, 1.807) is 30.2 Å². The van der Waals surface area contributed by atoms with Crippen molar-refractivity contribution in [1.29, 1.82) is 0 Å². The smallest absolute Gasteiger partial charge is 0.246 e. The third-order valence-corrected chi connectivity index (χ3v) is 7.33. The Morgan fingerprint density at radius 3 is 2.36 bits per heavy atom. The molecule has 1 amide bonds. The van der Waals surface area contributed by atoms with Gasteiger partial charge < -0.3 is 19.1 Å². The van der Waals surface area contributed by atoms with E-state index in [0.717, 1.165) is 11.3 Å². The summed E-state index contributed by atoms with van der Waals surface area (Å²) in [6, 6.07) is 12.3. The number of hydrogen-bond donors (Lipinski definition) is 0. The molecule has 0 radical (unpaired) electrons. The summed E-state index contributed by atoms with van der Waals surface area (Å²) in [4.78, 5) is 14.8. The van der Waals surface area contributed by atoms with Crippen LogP contribution in [-0.2, 0) is 32.5 Å². The molecule has 1 aliphatic rings. The predicted molar refractivity (Wildman–Crippen MR) is 125 cm³/mol. The number of ether oxygens (including phenoxy) is 3. The van der Waals surface area contributed by atoms with Gasteiger partial charge in [0, 0.05) is 26.2 Å². The largest absolute Gasteiger partial charge is 0.497 e. The summed E-state index contributed by atoms with van der Waals surface area (Å²) in [5.41, 5.74) is 1.55. The molecule has 3 rings (SSSR count). The first-order chi connectivity index (χ1) is 15.9. The van der Waals surface area contributed by atoms with Crippen LogP contribution < -0.4 is 9.47 Å². The standard InChI is InChI=1S/C24H30N2O6S/c1-4-11-25(18-19-5-8-21(30-2)9-6-19)24(27)17-20-7-10-22(31-3)23(16-20)33(28,29)26-12-14-32-15-13-26/h4-10,16H,1,11-15,17-18H2,2-3H3. The van der Waals surface area contributed by atoms with E-state index in [9.17, 15) is 13.2 Å². The SMILES string of the molecule is C=CCN(Cc1ccc(OC)cc1)C(=O)Cc1ccc(OC)c(S(=O)(=O)N2CCOCC2)c1. The lowest BCUT2D eigenvalue weighted by atomic mass is 10.1. The number of benzene rings is 2. The van der Waals surface area contributed by atoms with Gasteiger partial charge in [0.05, 0.1) is 33.9 Å². The van der Waals surface area contributed by atoms with E-state index in [0.29, 0.717) is 31.9 Å². The molecule has 178 valence electrons. The Hall–Kier alpha value is -2.88. The number of methoxy groups -OCH3 is 2. The molecule has 33 heavy (non-hydrogen) atoms. The average Bonchev–Trinajstić information content (AvgIpc) is 2.84. The second kappa shape index (κ2) is 11.3. The summed E-state index contributed by atoms with van der Waals surface area (Å²) in [6.07, 6.45) is 1.73. The van der Waals surface area contributed by atoms with Crippen molar-refractivity contribution in [2.45, 2.75) is 17.9 Å². The van der Waals surface area contributed by atoms with Crippen LogP contribution in [0.2, 0.25) is 0 Å². The Morgan fingerprint density at radius 1 is 1.09 bits per heavy atom. The van der Waals surface area contributed by atoms with E-state index in [1.807, 2.05) is 24.3 Å². The zero-order valence-corrected chi connectivity index (χ0v) is 19.8. The normalized spacial score (nSPS) is 14.5. The molecule has 0 saturated carbocycles. The lowest BCUT2D eigenvalue weighted by molar-refractivity contribution is -0.130. The molecular weight excluding hydrogens is 444 g/mol. The van der Waals surface area contributed by atoms with E-state index in [4.69, 9.17) is 14.2 Å². The molecule has 9 heteroatoms. The Kier molecular flexibility index (Phi) is 8.49. The van der Waals surface area contributed by atoms with Crippen molar-refractivity contribution in [3.8, 4) is 11.5 Å². The van der Waals surface area contributed by atoms with Crippen LogP contribution in [0.4, 0.5) is 0 Å². The van der Waals surface area contributed by atoms with Crippen LogP contribution in [0.3, 0.4) is 0 Å². The van der Waals surface area contributed by atoms with Gasteiger partial charge in [-0.25, -0.2) is 8.42 Å². The Bertz CT molecular complexity index is 1060. The summed E-state index contributed by atoms with van der Waals surface area (Å²) in [6.45, 7) is 5.80. The number of sulfonamides is 1. The zero-order chi connectivity index (χ0) is 23.8. The lowest BCUT2D eigenvalue weighted by Crippen LogP contribution is -2.40. The molecule has 1 saturated heterocycles. The number of nitrogens with zero attached hydrogens (tertiary/aromatic N) is 2. The van der Waals surface area contributed by atoms with Crippen molar-refractivity contribution >= 4 is 15.9 Å². The van der Waals surface area contributed by atoms with Crippen LogP contribution in [-0.4, -0.2) is 70.6 Å². The fraction of sp³-hybridized carbons (Fsp3) is 0.375. The highest BCUT2D eigenvalue weighted by atomic mass is 32.2. The van der Waals surface area contributed by atoms with Gasteiger partial charge in [-0.2, -0.15) is 4.31 Å². The van der Waals surface area contributed by atoms with Gasteiger partial charge in [-0.15, -0.1) is 6.58 Å². The summed E-state index contributed by atoms with van der Waals surface area (Å²) >= 11 is 0. The topological polar surface area (TPSA) is 85.4 Å². The fourth-order valence-corrected chi connectivity index (χ4v) is 5.22. The van der Waals surface area contributed by atoms with Gasteiger partial charge in [0.25, 0.3) is 0 Å². The lowest BCUT2D eigenvalue weighted by Gasteiger charge is -2.27. The average molecular weight is 475 g/mol. The van der Waals surface area contributed by atoms with E-state index in [1.165, 1.54) is 17.5 Å².